The monoisotopic (exact) mass is 268 g/mol. The van der Waals surface area contributed by atoms with E-state index < -0.39 is 17.9 Å². The van der Waals surface area contributed by atoms with Gasteiger partial charge >= 0.3 is 5.97 Å². The summed E-state index contributed by atoms with van der Waals surface area (Å²) in [5, 5.41) is 15.6. The number of carboxylic acids is 1. The number of aromatic amines is 1. The lowest BCUT2D eigenvalue weighted by atomic mass is 9.96. The number of carboxylic acid groups (broad SMARTS) is 1. The quantitative estimate of drug-likeness (QED) is 0.850. The van der Waals surface area contributed by atoms with Crippen molar-refractivity contribution in [3.05, 3.63) is 11.6 Å². The predicted molar refractivity (Wildman–Crippen MR) is 68.9 cm³/mol. The largest absolute Gasteiger partial charge is 0.480 e. The molecular formula is C12H20N4O3. The van der Waals surface area contributed by atoms with E-state index in [2.05, 4.69) is 15.2 Å². The minimum Gasteiger partial charge on any atom is -0.480 e. The Morgan fingerprint density at radius 2 is 2.00 bits per heavy atom. The highest BCUT2D eigenvalue weighted by molar-refractivity contribution is 5.93. The van der Waals surface area contributed by atoms with Crippen LogP contribution in [0.15, 0.2) is 0 Å². The fraction of sp³-hybridized carbons (Fsp3) is 0.667. The molecule has 1 aromatic heterocycles. The first-order valence-corrected chi connectivity index (χ1v) is 6.11. The average Bonchev–Trinajstić information content (AvgIpc) is 2.77. The number of hydrogen-bond acceptors (Lipinski definition) is 4. The lowest BCUT2D eigenvalue weighted by Gasteiger charge is -2.22. The van der Waals surface area contributed by atoms with E-state index >= 15 is 0 Å². The van der Waals surface area contributed by atoms with Crippen LogP contribution in [-0.4, -0.2) is 50.2 Å². The molecule has 0 aliphatic carbocycles. The van der Waals surface area contributed by atoms with Crippen LogP contribution < -0.4 is 0 Å². The second-order valence-electron chi connectivity index (χ2n) is 5.44. The van der Waals surface area contributed by atoms with E-state index in [1.807, 2.05) is 20.8 Å². The maximum atomic E-state index is 12.1. The molecule has 0 aliphatic rings. The summed E-state index contributed by atoms with van der Waals surface area (Å²) in [7, 11) is 1.44. The fourth-order valence-electron chi connectivity index (χ4n) is 1.61. The van der Waals surface area contributed by atoms with Gasteiger partial charge in [-0.2, -0.15) is 0 Å². The zero-order valence-corrected chi connectivity index (χ0v) is 11.9. The maximum absolute atomic E-state index is 12.1. The van der Waals surface area contributed by atoms with Crippen molar-refractivity contribution >= 4 is 11.9 Å². The van der Waals surface area contributed by atoms with Crippen LogP contribution in [0.2, 0.25) is 0 Å². The van der Waals surface area contributed by atoms with Crippen LogP contribution in [0.25, 0.3) is 0 Å². The predicted octanol–water partition coefficient (Wildman–Crippen LogP) is 1.04. The van der Waals surface area contributed by atoms with Gasteiger partial charge in [-0.25, -0.2) is 9.78 Å². The number of carbonyl (C=O) groups is 2. The van der Waals surface area contributed by atoms with Crippen molar-refractivity contribution in [2.24, 2.45) is 0 Å². The van der Waals surface area contributed by atoms with Gasteiger partial charge < -0.3 is 10.0 Å². The Morgan fingerprint density at radius 1 is 1.42 bits per heavy atom. The molecule has 0 bridgehead atoms. The number of likely N-dealkylation sites (N-methyl/N-ethyl adjacent to an activating group) is 1. The lowest BCUT2D eigenvalue weighted by Crippen LogP contribution is -2.42. The van der Waals surface area contributed by atoms with Crippen LogP contribution in [-0.2, 0) is 10.2 Å². The smallest absolute Gasteiger partial charge is 0.326 e. The summed E-state index contributed by atoms with van der Waals surface area (Å²) < 4.78 is 0. The molecule has 7 nitrogen and oxygen atoms in total. The number of aromatic nitrogens is 3. The number of nitrogens with zero attached hydrogens (tertiary/aromatic N) is 3. The Hall–Kier alpha value is -1.92. The molecule has 7 heteroatoms. The molecule has 0 fully saturated rings. The van der Waals surface area contributed by atoms with E-state index in [-0.39, 0.29) is 11.2 Å². The standard InChI is InChI=1S/C12H20N4O3/c1-6-7(10(18)19)16(5)9(17)8-13-11(15-14-8)12(2,3)4/h7H,6H2,1-5H3,(H,18,19)(H,13,14,15). The van der Waals surface area contributed by atoms with Gasteiger partial charge in [0.25, 0.3) is 5.91 Å². The summed E-state index contributed by atoms with van der Waals surface area (Å²) in [6.45, 7) is 7.54. The van der Waals surface area contributed by atoms with Gasteiger partial charge in [-0.15, -0.1) is 5.10 Å². The molecule has 1 aromatic rings. The molecule has 1 amide bonds. The van der Waals surface area contributed by atoms with Gasteiger partial charge in [0.1, 0.15) is 11.9 Å². The second-order valence-corrected chi connectivity index (χ2v) is 5.44. The maximum Gasteiger partial charge on any atom is 0.326 e. The molecule has 0 aromatic carbocycles. The van der Waals surface area contributed by atoms with E-state index in [1.165, 1.54) is 7.05 Å². The molecule has 1 heterocycles. The zero-order valence-electron chi connectivity index (χ0n) is 11.9. The minimum absolute atomic E-state index is 0.00729. The number of aliphatic carboxylic acids is 1. The molecule has 0 saturated heterocycles. The van der Waals surface area contributed by atoms with Gasteiger partial charge in [-0.05, 0) is 6.42 Å². The van der Waals surface area contributed by atoms with Gasteiger partial charge in [-0.1, -0.05) is 27.7 Å². The highest BCUT2D eigenvalue weighted by Crippen LogP contribution is 2.18. The summed E-state index contributed by atoms with van der Waals surface area (Å²) in [6.07, 6.45) is 0.328. The van der Waals surface area contributed by atoms with Gasteiger partial charge in [0.2, 0.25) is 5.82 Å². The van der Waals surface area contributed by atoms with Crippen molar-refractivity contribution in [1.29, 1.82) is 0 Å². The molecule has 0 saturated carbocycles. The Kier molecular flexibility index (Phi) is 4.28. The van der Waals surface area contributed by atoms with Gasteiger partial charge in [0.15, 0.2) is 0 Å². The van der Waals surface area contributed by atoms with Gasteiger partial charge in [-0.3, -0.25) is 9.89 Å². The molecular weight excluding hydrogens is 248 g/mol. The molecule has 2 N–H and O–H groups in total. The average molecular weight is 268 g/mol. The van der Waals surface area contributed by atoms with Gasteiger partial charge in [0, 0.05) is 12.5 Å². The van der Waals surface area contributed by atoms with Crippen molar-refractivity contribution in [3.63, 3.8) is 0 Å². The summed E-state index contributed by atoms with van der Waals surface area (Å²) >= 11 is 0. The molecule has 1 unspecified atom stereocenters. The van der Waals surface area contributed by atoms with E-state index in [0.29, 0.717) is 12.2 Å². The number of hydrogen-bond donors (Lipinski definition) is 2. The Labute approximate surface area is 112 Å². The van der Waals surface area contributed by atoms with E-state index in [9.17, 15) is 9.59 Å². The number of amides is 1. The minimum atomic E-state index is -1.04. The summed E-state index contributed by atoms with van der Waals surface area (Å²) in [5.74, 6) is -0.953. The molecule has 0 aliphatic heterocycles. The number of nitrogens with one attached hydrogen (secondary N) is 1. The van der Waals surface area contributed by atoms with E-state index in [0.717, 1.165) is 4.90 Å². The second kappa shape index (κ2) is 5.38. The molecule has 1 rings (SSSR count). The Balaban J connectivity index is 2.94. The fourth-order valence-corrected chi connectivity index (χ4v) is 1.61. The molecule has 19 heavy (non-hydrogen) atoms. The van der Waals surface area contributed by atoms with Gasteiger partial charge in [0.05, 0.1) is 0 Å². The van der Waals surface area contributed by atoms with Crippen LogP contribution in [0.1, 0.15) is 50.6 Å². The molecule has 1 atom stereocenters. The first kappa shape index (κ1) is 15.1. The number of rotatable bonds is 4. The zero-order chi connectivity index (χ0) is 14.8. The molecule has 0 spiro atoms. The van der Waals surface area contributed by atoms with Crippen LogP contribution in [0, 0.1) is 0 Å². The summed E-state index contributed by atoms with van der Waals surface area (Å²) in [6, 6.07) is -0.871. The first-order valence-electron chi connectivity index (χ1n) is 6.11. The van der Waals surface area contributed by atoms with Crippen molar-refractivity contribution in [2.45, 2.75) is 45.6 Å². The highest BCUT2D eigenvalue weighted by Gasteiger charge is 2.29. The van der Waals surface area contributed by atoms with Crippen molar-refractivity contribution in [2.75, 3.05) is 7.05 Å². The number of carbonyl (C=O) groups excluding carboxylic acids is 1. The van der Waals surface area contributed by atoms with E-state index in [4.69, 9.17) is 5.11 Å². The topological polar surface area (TPSA) is 99.2 Å². The van der Waals surface area contributed by atoms with Crippen molar-refractivity contribution in [1.82, 2.24) is 20.1 Å². The van der Waals surface area contributed by atoms with Crippen LogP contribution in [0.3, 0.4) is 0 Å². The van der Waals surface area contributed by atoms with Crippen molar-refractivity contribution < 1.29 is 14.7 Å². The van der Waals surface area contributed by atoms with Crippen LogP contribution in [0.5, 0.6) is 0 Å². The van der Waals surface area contributed by atoms with Crippen LogP contribution >= 0.6 is 0 Å². The third-order valence-electron chi connectivity index (χ3n) is 2.85. The summed E-state index contributed by atoms with van der Waals surface area (Å²) in [5.41, 5.74) is -0.249. The van der Waals surface area contributed by atoms with E-state index in [1.54, 1.807) is 6.92 Å². The third-order valence-corrected chi connectivity index (χ3v) is 2.85. The summed E-state index contributed by atoms with van der Waals surface area (Å²) in [4.78, 5) is 28.4. The van der Waals surface area contributed by atoms with Crippen molar-refractivity contribution in [3.8, 4) is 0 Å². The SMILES string of the molecule is CCC(C(=O)O)N(C)C(=O)c1n[nH]c(C(C)(C)C)n1. The van der Waals surface area contributed by atoms with Crippen LogP contribution in [0.4, 0.5) is 0 Å². The first-order chi connectivity index (χ1) is 8.68. The Morgan fingerprint density at radius 3 is 2.37 bits per heavy atom. The highest BCUT2D eigenvalue weighted by atomic mass is 16.4. The third kappa shape index (κ3) is 3.30. The Bertz CT molecular complexity index is 476. The molecule has 0 radical (unpaired) electrons. The lowest BCUT2D eigenvalue weighted by molar-refractivity contribution is -0.142. The number of H-pyrrole nitrogens is 1. The molecule has 106 valence electrons. The normalized spacial score (nSPS) is 13.1.